The summed E-state index contributed by atoms with van der Waals surface area (Å²) in [6.45, 7) is 99.2. The molecule has 0 radical (unpaired) electrons. The van der Waals surface area contributed by atoms with E-state index in [1.165, 1.54) is 11.1 Å². The first-order valence-corrected chi connectivity index (χ1v) is 45.5. The number of allylic oxidation sites excluding steroid dienone is 32. The standard InChI is InChI=1S/2C38H46.C32H42.3C2H6/c1-19-29(35(3,4)5)17-27-25-15-21-14-24-22(13-23(21)33(25)37(9,10)31(19)27)16-26-28-18-30(36(6,7)8)20(2)32(28)38(11,12)34(24)26;1-19-21-13-25-23-15-32-24(16-31(23)37(9,10)33(25)27(21)17-29(19)35(3,4)5)26-14-22-20(2)30(36(6,7)8)18-28(22)34(26)38(32,11)12;1-17-23(29(3,4)5)15-21-19-13-26-20(14-25(19)31(9,10)27(17)21)22-16-24(30(6,7)8)18(2)28(22)32(26,11)12;3*1-2/h13-14H,15-18H2,1-12H3;15-16H,13-14,17-18H2,1-12H3;13-14H,15-16H2,1-12H3;3*1-2H3. The number of benzene rings is 3. The van der Waals surface area contributed by atoms with E-state index in [1.807, 2.05) is 41.5 Å². The molecule has 0 heterocycles. The van der Waals surface area contributed by atoms with Gasteiger partial charge in [0.15, 0.2) is 0 Å². The molecule has 0 aliphatic heterocycles. The number of hydrogen-bond acceptors (Lipinski definition) is 0. The molecule has 0 nitrogen and oxygen atoms in total. The summed E-state index contributed by atoms with van der Waals surface area (Å²) >= 11 is 0. The fourth-order valence-corrected chi connectivity index (χ4v) is 27.2. The van der Waals surface area contributed by atoms with Crippen LogP contribution in [0.3, 0.4) is 0 Å². The van der Waals surface area contributed by atoms with Crippen LogP contribution in [0.1, 0.15) is 409 Å². The maximum atomic E-state index is 2.65. The highest BCUT2D eigenvalue weighted by Gasteiger charge is 2.56. The lowest BCUT2D eigenvalue weighted by atomic mass is 9.72. The molecule has 0 fully saturated rings. The van der Waals surface area contributed by atoms with Crippen LogP contribution < -0.4 is 0 Å². The van der Waals surface area contributed by atoms with Crippen LogP contribution in [0.15, 0.2) is 181 Å². The number of rotatable bonds is 0. The molecule has 0 atom stereocenters. The third-order valence-electron chi connectivity index (χ3n) is 31.8. The maximum absolute atomic E-state index is 2.65. The Morgan fingerprint density at radius 1 is 0.184 bits per heavy atom. The summed E-state index contributed by atoms with van der Waals surface area (Å²) in [6.07, 6.45) is 11.4. The van der Waals surface area contributed by atoms with Crippen molar-refractivity contribution < 1.29 is 0 Å². The summed E-state index contributed by atoms with van der Waals surface area (Å²) < 4.78 is 0. The normalized spacial score (nSPS) is 23.2. The van der Waals surface area contributed by atoms with Gasteiger partial charge < -0.3 is 0 Å². The molecule has 0 heteroatoms. The fraction of sp³-hybridized carbons (Fsp3) is 0.561. The second-order valence-corrected chi connectivity index (χ2v) is 46.4. The van der Waals surface area contributed by atoms with Crippen LogP contribution in [0.25, 0.3) is 33.4 Å². The highest BCUT2D eigenvalue weighted by molar-refractivity contribution is 6.00. The monoisotopic (exact) mass is 1520 g/mol. The molecular formula is C114H152. The van der Waals surface area contributed by atoms with E-state index in [-0.39, 0.29) is 65.0 Å². The molecule has 16 aliphatic carbocycles. The van der Waals surface area contributed by atoms with Crippen molar-refractivity contribution in [3.05, 3.63) is 248 Å². The topological polar surface area (TPSA) is 0 Å². The zero-order chi connectivity index (χ0) is 84.7. The van der Waals surface area contributed by atoms with Gasteiger partial charge in [-0.05, 0) is 374 Å². The second kappa shape index (κ2) is 26.0. The minimum Gasteiger partial charge on any atom is -0.0683 e. The molecule has 0 amide bonds. The van der Waals surface area contributed by atoms with Gasteiger partial charge in [0.2, 0.25) is 0 Å². The SMILES string of the molecule is CC.CC.CC.CC1=C(C(C)(C)C)CC2=C1C(C)(C)C1=C2Cc2cc3c(cc21)CC1=C3C(C)(C)C2=C1CC(C(C)(C)C)=C2C.CC1=C(C(C)(C)C)CC2=C1C(C)(C)c1cc3c(cc12)C(C)(C)C1=C3CC(C(C)(C)C)=C1C.CC1=C(C(C)(C)C)CC2=C1CC1=C2C(C)(C)c2cc3c(cc21)C(C)(C)C1=C3CC2=C1CC(C(C)(C)C)=C2C. The quantitative estimate of drug-likeness (QED) is 0.210. The molecule has 0 saturated heterocycles. The molecule has 0 bridgehead atoms. The lowest BCUT2D eigenvalue weighted by molar-refractivity contribution is 0.489. The van der Waals surface area contributed by atoms with Crippen LogP contribution in [-0.2, 0) is 34.5 Å². The zero-order valence-electron chi connectivity index (χ0n) is 80.5. The highest BCUT2D eigenvalue weighted by atomic mass is 14.6. The summed E-state index contributed by atoms with van der Waals surface area (Å²) in [4.78, 5) is 0. The van der Waals surface area contributed by atoms with E-state index in [0.29, 0.717) is 0 Å². The lowest BCUT2D eigenvalue weighted by Gasteiger charge is -2.31. The van der Waals surface area contributed by atoms with E-state index >= 15 is 0 Å². The van der Waals surface area contributed by atoms with Crippen molar-refractivity contribution in [3.8, 4) is 0 Å². The molecule has 0 saturated carbocycles. The summed E-state index contributed by atoms with van der Waals surface area (Å²) in [5.41, 5.74) is 72.9. The average Bonchev–Trinajstić information content (AvgIpc) is 1.51. The van der Waals surface area contributed by atoms with Crippen LogP contribution in [-0.4, -0.2) is 0 Å². The van der Waals surface area contributed by atoms with Gasteiger partial charge in [-0.1, -0.05) is 295 Å². The van der Waals surface area contributed by atoms with Crippen molar-refractivity contribution in [1.82, 2.24) is 0 Å². The molecule has 0 N–H and O–H groups in total. The van der Waals surface area contributed by atoms with Gasteiger partial charge in [0.1, 0.15) is 0 Å². The van der Waals surface area contributed by atoms with Crippen molar-refractivity contribution in [1.29, 1.82) is 0 Å². The van der Waals surface area contributed by atoms with E-state index < -0.39 is 0 Å². The van der Waals surface area contributed by atoms with Crippen LogP contribution in [0.5, 0.6) is 0 Å². The highest BCUT2D eigenvalue weighted by Crippen LogP contribution is 2.71. The zero-order valence-corrected chi connectivity index (χ0v) is 80.5. The van der Waals surface area contributed by atoms with Gasteiger partial charge in [0.05, 0.1) is 0 Å². The summed E-state index contributed by atoms with van der Waals surface area (Å²) in [6, 6.07) is 15.8. The minimum atomic E-state index is 0.0713. The predicted molar refractivity (Wildman–Crippen MR) is 500 cm³/mol. The van der Waals surface area contributed by atoms with Crippen molar-refractivity contribution in [2.24, 2.45) is 43.3 Å². The van der Waals surface area contributed by atoms with E-state index in [1.54, 1.807) is 234 Å². The molecule has 3 aromatic carbocycles. The van der Waals surface area contributed by atoms with Crippen molar-refractivity contribution in [2.75, 3.05) is 0 Å². The molecule has 3 aromatic rings. The molecule has 0 unspecified atom stereocenters. The second-order valence-electron chi connectivity index (χ2n) is 46.4. The van der Waals surface area contributed by atoms with Crippen LogP contribution in [0.4, 0.5) is 0 Å². The molecular weight excluding hydrogens is 1370 g/mol. The Bertz CT molecular complexity index is 5130. The summed E-state index contributed by atoms with van der Waals surface area (Å²) in [5.74, 6) is 0. The molecule has 19 rings (SSSR count). The van der Waals surface area contributed by atoms with Gasteiger partial charge in [-0.25, -0.2) is 0 Å². The summed E-state index contributed by atoms with van der Waals surface area (Å²) in [5, 5.41) is 0. The Hall–Kier alpha value is -6.50. The lowest BCUT2D eigenvalue weighted by Crippen LogP contribution is -2.22. The Labute approximate surface area is 696 Å². The van der Waals surface area contributed by atoms with Gasteiger partial charge in [-0.2, -0.15) is 0 Å². The first kappa shape index (κ1) is 84.0. The first-order valence-electron chi connectivity index (χ1n) is 45.5. The predicted octanol–water partition coefficient (Wildman–Crippen LogP) is 33.6. The third-order valence-corrected chi connectivity index (χ3v) is 31.8. The first-order chi connectivity index (χ1) is 52.4. The Kier molecular flexibility index (Phi) is 19.2. The van der Waals surface area contributed by atoms with E-state index in [9.17, 15) is 0 Å². The average molecular weight is 1520 g/mol. The smallest absolute Gasteiger partial charge is 0.0161 e. The minimum absolute atomic E-state index is 0.0713. The number of hydrogen-bond donors (Lipinski definition) is 0. The third kappa shape index (κ3) is 11.4. The molecule has 16 aliphatic rings. The van der Waals surface area contributed by atoms with E-state index in [2.05, 4.69) is 286 Å². The summed E-state index contributed by atoms with van der Waals surface area (Å²) in [7, 11) is 0. The van der Waals surface area contributed by atoms with Gasteiger partial charge in [-0.3, -0.25) is 0 Å². The van der Waals surface area contributed by atoms with Gasteiger partial charge >= 0.3 is 0 Å². The van der Waals surface area contributed by atoms with Gasteiger partial charge in [0, 0.05) is 32.5 Å². The largest absolute Gasteiger partial charge is 0.0683 e. The fourth-order valence-electron chi connectivity index (χ4n) is 27.2. The van der Waals surface area contributed by atoms with Crippen molar-refractivity contribution in [3.63, 3.8) is 0 Å². The van der Waals surface area contributed by atoms with E-state index in [4.69, 9.17) is 0 Å². The number of fused-ring (bicyclic) bond motifs is 16. The van der Waals surface area contributed by atoms with Crippen LogP contribution in [0.2, 0.25) is 0 Å². The molecule has 0 spiro atoms. The van der Waals surface area contributed by atoms with Crippen LogP contribution in [0, 0.1) is 43.3 Å². The van der Waals surface area contributed by atoms with Crippen molar-refractivity contribution in [2.45, 2.75) is 377 Å². The molecule has 114 heavy (non-hydrogen) atoms. The maximum Gasteiger partial charge on any atom is 0.0161 e. The van der Waals surface area contributed by atoms with E-state index in [0.717, 1.165) is 64.2 Å². The van der Waals surface area contributed by atoms with Crippen molar-refractivity contribution >= 4 is 33.4 Å². The Morgan fingerprint density at radius 3 is 0.623 bits per heavy atom. The molecule has 0 aromatic heterocycles. The molecule has 608 valence electrons. The Balaban J connectivity index is 0.000000137. The Morgan fingerprint density at radius 2 is 0.377 bits per heavy atom. The van der Waals surface area contributed by atoms with Gasteiger partial charge in [0.25, 0.3) is 0 Å². The van der Waals surface area contributed by atoms with Crippen LogP contribution >= 0.6 is 0 Å². The van der Waals surface area contributed by atoms with Gasteiger partial charge in [-0.15, -0.1) is 0 Å².